The predicted octanol–water partition coefficient (Wildman–Crippen LogP) is 3.38. The smallest absolute Gasteiger partial charge is 0.0867 e. The zero-order chi connectivity index (χ0) is 12.0. The summed E-state index contributed by atoms with van der Waals surface area (Å²) in [7, 11) is 0. The number of nitrogens with one attached hydrogen (secondary N) is 2. The average molecular weight is 210 g/mol. The predicted molar refractivity (Wildman–Crippen MR) is 70.3 cm³/mol. The summed E-state index contributed by atoms with van der Waals surface area (Å²) < 4.78 is 0. The molecule has 0 aromatic heterocycles. The van der Waals surface area contributed by atoms with Crippen LogP contribution in [0.3, 0.4) is 0 Å². The molecular formula is C14H14N2. The van der Waals surface area contributed by atoms with Gasteiger partial charge in [0.15, 0.2) is 0 Å². The molecule has 0 amide bonds. The minimum absolute atomic E-state index is 0.226. The summed E-state index contributed by atoms with van der Waals surface area (Å²) in [5, 5.41) is 15.6. The van der Waals surface area contributed by atoms with E-state index in [4.69, 9.17) is 10.8 Å². The van der Waals surface area contributed by atoms with Crippen molar-refractivity contribution in [3.8, 4) is 0 Å². The Balaban J connectivity index is 3.02. The summed E-state index contributed by atoms with van der Waals surface area (Å²) in [6.07, 6.45) is 14.0. The lowest BCUT2D eigenvalue weighted by Gasteiger charge is -2.12. The summed E-state index contributed by atoms with van der Waals surface area (Å²) in [5.41, 5.74) is 1.90. The van der Waals surface area contributed by atoms with Crippen LogP contribution >= 0.6 is 0 Å². The summed E-state index contributed by atoms with van der Waals surface area (Å²) in [5.74, 6) is 0. The van der Waals surface area contributed by atoms with Crippen LogP contribution in [0, 0.1) is 10.8 Å². The minimum Gasteiger partial charge on any atom is -0.298 e. The summed E-state index contributed by atoms with van der Waals surface area (Å²) in [4.78, 5) is 0. The second-order valence-electron chi connectivity index (χ2n) is 3.18. The van der Waals surface area contributed by atoms with Gasteiger partial charge in [0.1, 0.15) is 0 Å². The van der Waals surface area contributed by atoms with Crippen LogP contribution in [0.5, 0.6) is 0 Å². The molecule has 0 heterocycles. The Morgan fingerprint density at radius 2 is 1.19 bits per heavy atom. The lowest BCUT2D eigenvalue weighted by atomic mass is 9.93. The summed E-state index contributed by atoms with van der Waals surface area (Å²) in [6, 6.07) is 0. The standard InChI is InChI=1S/C14H14N2/c1-3-5-7-11-9-10-12(8-6-4-2)14(16)13(11)15/h3-10,15-16H,1-2H2. The van der Waals surface area contributed by atoms with Crippen molar-refractivity contribution in [1.29, 1.82) is 10.8 Å². The van der Waals surface area contributed by atoms with E-state index >= 15 is 0 Å². The lowest BCUT2D eigenvalue weighted by molar-refractivity contribution is 1.44. The Bertz CT molecular complexity index is 413. The third kappa shape index (κ3) is 2.64. The second kappa shape index (κ2) is 5.61. The van der Waals surface area contributed by atoms with Crippen molar-refractivity contribution in [2.75, 3.05) is 0 Å². The van der Waals surface area contributed by atoms with Crippen LogP contribution in [0.2, 0.25) is 0 Å². The van der Waals surface area contributed by atoms with E-state index in [9.17, 15) is 0 Å². The second-order valence-corrected chi connectivity index (χ2v) is 3.18. The number of allylic oxidation sites excluding steroid dienone is 10. The Labute approximate surface area is 95.7 Å². The third-order valence-electron chi connectivity index (χ3n) is 2.09. The van der Waals surface area contributed by atoms with Crippen LogP contribution in [0.25, 0.3) is 0 Å². The molecule has 1 aliphatic carbocycles. The largest absolute Gasteiger partial charge is 0.298 e. The quantitative estimate of drug-likeness (QED) is 0.528. The highest BCUT2D eigenvalue weighted by Crippen LogP contribution is 2.14. The van der Waals surface area contributed by atoms with Crippen LogP contribution < -0.4 is 0 Å². The molecule has 2 N–H and O–H groups in total. The van der Waals surface area contributed by atoms with Crippen molar-refractivity contribution in [3.05, 3.63) is 72.9 Å². The molecule has 0 saturated carbocycles. The molecule has 0 aromatic rings. The molecule has 0 radical (unpaired) electrons. The Hall–Kier alpha value is -2.22. The molecular weight excluding hydrogens is 196 g/mol. The molecule has 0 spiro atoms. The maximum absolute atomic E-state index is 7.82. The minimum atomic E-state index is 0.226. The van der Waals surface area contributed by atoms with Crippen LogP contribution in [0.4, 0.5) is 0 Å². The van der Waals surface area contributed by atoms with Gasteiger partial charge in [-0.3, -0.25) is 10.8 Å². The van der Waals surface area contributed by atoms with Gasteiger partial charge in [0, 0.05) is 11.1 Å². The maximum Gasteiger partial charge on any atom is 0.0867 e. The zero-order valence-electron chi connectivity index (χ0n) is 9.03. The van der Waals surface area contributed by atoms with Gasteiger partial charge in [-0.1, -0.05) is 61.8 Å². The highest BCUT2D eigenvalue weighted by Gasteiger charge is 2.14. The molecule has 2 heteroatoms. The van der Waals surface area contributed by atoms with Crippen LogP contribution in [0.1, 0.15) is 0 Å². The zero-order valence-corrected chi connectivity index (χ0v) is 9.03. The van der Waals surface area contributed by atoms with Crippen molar-refractivity contribution in [3.63, 3.8) is 0 Å². The van der Waals surface area contributed by atoms with Gasteiger partial charge in [-0.05, 0) is 0 Å². The van der Waals surface area contributed by atoms with E-state index in [1.54, 1.807) is 36.5 Å². The topological polar surface area (TPSA) is 47.7 Å². The number of hydrogen-bond donors (Lipinski definition) is 2. The number of hydrogen-bond acceptors (Lipinski definition) is 2. The molecule has 0 unspecified atom stereocenters. The highest BCUT2D eigenvalue weighted by atomic mass is 14.5. The first-order valence-corrected chi connectivity index (χ1v) is 4.89. The molecule has 2 nitrogen and oxygen atoms in total. The third-order valence-corrected chi connectivity index (χ3v) is 2.09. The van der Waals surface area contributed by atoms with Crippen LogP contribution in [0.15, 0.2) is 72.9 Å². The van der Waals surface area contributed by atoms with Crippen molar-refractivity contribution < 1.29 is 0 Å². The van der Waals surface area contributed by atoms with Gasteiger partial charge in [0.2, 0.25) is 0 Å². The van der Waals surface area contributed by atoms with Gasteiger partial charge in [-0.15, -0.1) is 0 Å². The van der Waals surface area contributed by atoms with E-state index in [1.807, 2.05) is 12.2 Å². The van der Waals surface area contributed by atoms with Crippen molar-refractivity contribution >= 4 is 11.4 Å². The monoisotopic (exact) mass is 210 g/mol. The molecule has 80 valence electrons. The maximum atomic E-state index is 7.82. The van der Waals surface area contributed by atoms with E-state index in [0.717, 1.165) is 11.1 Å². The fourth-order valence-electron chi connectivity index (χ4n) is 1.26. The van der Waals surface area contributed by atoms with Crippen molar-refractivity contribution in [2.24, 2.45) is 0 Å². The van der Waals surface area contributed by atoms with Gasteiger partial charge < -0.3 is 0 Å². The van der Waals surface area contributed by atoms with Gasteiger partial charge in [-0.25, -0.2) is 0 Å². The molecule has 1 aliphatic rings. The molecule has 0 fully saturated rings. The van der Waals surface area contributed by atoms with Crippen LogP contribution in [-0.4, -0.2) is 11.4 Å². The Morgan fingerprint density at radius 3 is 1.50 bits per heavy atom. The summed E-state index contributed by atoms with van der Waals surface area (Å²) >= 11 is 0. The van der Waals surface area contributed by atoms with Gasteiger partial charge in [-0.2, -0.15) is 0 Å². The van der Waals surface area contributed by atoms with Crippen molar-refractivity contribution in [1.82, 2.24) is 0 Å². The van der Waals surface area contributed by atoms with E-state index in [1.165, 1.54) is 0 Å². The average Bonchev–Trinajstić information content (AvgIpc) is 2.30. The molecule has 0 aromatic carbocycles. The van der Waals surface area contributed by atoms with Gasteiger partial charge >= 0.3 is 0 Å². The summed E-state index contributed by atoms with van der Waals surface area (Å²) in [6.45, 7) is 7.14. The first kappa shape index (κ1) is 11.9. The first-order chi connectivity index (χ1) is 7.70. The van der Waals surface area contributed by atoms with E-state index in [0.29, 0.717) is 0 Å². The number of rotatable bonds is 4. The normalized spacial score (nSPS) is 16.5. The molecule has 16 heavy (non-hydrogen) atoms. The Kier molecular flexibility index (Phi) is 4.16. The van der Waals surface area contributed by atoms with Gasteiger partial charge in [0.05, 0.1) is 11.4 Å². The molecule has 0 aliphatic heterocycles. The Morgan fingerprint density at radius 1 is 0.812 bits per heavy atom. The molecule has 0 bridgehead atoms. The van der Waals surface area contributed by atoms with E-state index in [2.05, 4.69) is 13.2 Å². The molecule has 0 atom stereocenters. The van der Waals surface area contributed by atoms with Crippen molar-refractivity contribution in [2.45, 2.75) is 0 Å². The fourth-order valence-corrected chi connectivity index (χ4v) is 1.26. The fraction of sp³-hybridized carbons (Fsp3) is 0. The first-order valence-electron chi connectivity index (χ1n) is 4.89. The van der Waals surface area contributed by atoms with Gasteiger partial charge in [0.25, 0.3) is 0 Å². The van der Waals surface area contributed by atoms with Crippen LogP contribution in [-0.2, 0) is 0 Å². The van der Waals surface area contributed by atoms with E-state index < -0.39 is 0 Å². The molecule has 0 saturated heterocycles. The molecule has 1 rings (SSSR count). The SMILES string of the molecule is C=CC=CC1=CC=C(C=CC=C)C(=N)C1=N. The lowest BCUT2D eigenvalue weighted by Crippen LogP contribution is -2.18. The van der Waals surface area contributed by atoms with E-state index in [-0.39, 0.29) is 11.4 Å². The highest BCUT2D eigenvalue weighted by molar-refractivity contribution is 6.53.